The Balaban J connectivity index is 1.33. The Kier molecular flexibility index (Phi) is 4.03. The van der Waals surface area contributed by atoms with E-state index in [0.717, 1.165) is 19.5 Å². The quantitative estimate of drug-likeness (QED) is 0.813. The molecule has 1 aliphatic carbocycles. The summed E-state index contributed by atoms with van der Waals surface area (Å²) in [5, 5.41) is 4.20. The summed E-state index contributed by atoms with van der Waals surface area (Å²) in [6.07, 6.45) is 6.51. The highest BCUT2D eigenvalue weighted by molar-refractivity contribution is 5.83. The van der Waals surface area contributed by atoms with Crippen LogP contribution in [0.1, 0.15) is 17.9 Å². The summed E-state index contributed by atoms with van der Waals surface area (Å²) in [6.45, 7) is 2.89. The summed E-state index contributed by atoms with van der Waals surface area (Å²) in [6, 6.07) is 1.73. The number of piperazine rings is 1. The van der Waals surface area contributed by atoms with Crippen LogP contribution < -0.4 is 9.64 Å². The summed E-state index contributed by atoms with van der Waals surface area (Å²) in [5.74, 6) is 1.93. The number of hydrogen-bond donors (Lipinski definition) is 0. The first-order chi connectivity index (χ1) is 12.2. The van der Waals surface area contributed by atoms with E-state index in [0.29, 0.717) is 30.8 Å². The molecule has 132 valence electrons. The minimum absolute atomic E-state index is 0.115. The van der Waals surface area contributed by atoms with Crippen molar-refractivity contribution in [2.45, 2.75) is 12.3 Å². The van der Waals surface area contributed by atoms with Gasteiger partial charge in [-0.15, -0.1) is 0 Å². The number of ether oxygens (including phenoxy) is 1. The van der Waals surface area contributed by atoms with E-state index < -0.39 is 0 Å². The molecule has 0 radical (unpaired) electrons. The van der Waals surface area contributed by atoms with Gasteiger partial charge in [0.2, 0.25) is 17.7 Å². The van der Waals surface area contributed by atoms with Gasteiger partial charge in [-0.1, -0.05) is 0 Å². The van der Waals surface area contributed by atoms with Crippen LogP contribution in [0.5, 0.6) is 5.88 Å². The van der Waals surface area contributed by atoms with Crippen molar-refractivity contribution in [3.63, 3.8) is 0 Å². The van der Waals surface area contributed by atoms with E-state index in [-0.39, 0.29) is 11.8 Å². The van der Waals surface area contributed by atoms with Gasteiger partial charge in [0.1, 0.15) is 0 Å². The third-order valence-corrected chi connectivity index (χ3v) is 4.96. The van der Waals surface area contributed by atoms with Gasteiger partial charge in [-0.2, -0.15) is 10.1 Å². The van der Waals surface area contributed by atoms with Gasteiger partial charge in [0.15, 0.2) is 0 Å². The van der Waals surface area contributed by atoms with Crippen molar-refractivity contribution in [2.75, 3.05) is 38.2 Å². The van der Waals surface area contributed by atoms with Crippen LogP contribution in [0.3, 0.4) is 0 Å². The van der Waals surface area contributed by atoms with Crippen molar-refractivity contribution in [1.82, 2.24) is 24.6 Å². The second kappa shape index (κ2) is 6.34. The standard InChI is InChI=1S/C17H22N6O2/c1-21-11-12(10-19-21)13-9-14(13)16(24)22-5-7-23(8-6-22)17-18-4-3-15(20-17)25-2/h3-4,10-11,13-14H,5-9H2,1-2H3/t13-,14+/m0/s1. The van der Waals surface area contributed by atoms with Gasteiger partial charge in [0.05, 0.1) is 13.3 Å². The van der Waals surface area contributed by atoms with E-state index in [2.05, 4.69) is 20.0 Å². The van der Waals surface area contributed by atoms with Gasteiger partial charge in [0.25, 0.3) is 0 Å². The Morgan fingerprint density at radius 3 is 2.76 bits per heavy atom. The first-order valence-corrected chi connectivity index (χ1v) is 8.55. The van der Waals surface area contributed by atoms with Gasteiger partial charge < -0.3 is 14.5 Å². The van der Waals surface area contributed by atoms with Gasteiger partial charge in [-0.25, -0.2) is 4.98 Å². The number of carbonyl (C=O) groups is 1. The molecule has 4 rings (SSSR count). The Bertz CT molecular complexity index is 768. The lowest BCUT2D eigenvalue weighted by Gasteiger charge is -2.35. The predicted molar refractivity (Wildman–Crippen MR) is 91.4 cm³/mol. The molecule has 0 spiro atoms. The second-order valence-electron chi connectivity index (χ2n) is 6.61. The van der Waals surface area contributed by atoms with E-state index in [9.17, 15) is 4.79 Å². The second-order valence-corrected chi connectivity index (χ2v) is 6.61. The molecule has 0 N–H and O–H groups in total. The number of amides is 1. The third-order valence-electron chi connectivity index (χ3n) is 4.96. The van der Waals surface area contributed by atoms with Gasteiger partial charge in [-0.3, -0.25) is 9.48 Å². The van der Waals surface area contributed by atoms with Crippen LogP contribution in [0.25, 0.3) is 0 Å². The number of hydrogen-bond acceptors (Lipinski definition) is 6. The minimum Gasteiger partial charge on any atom is -0.481 e. The highest BCUT2D eigenvalue weighted by Gasteiger charge is 2.46. The maximum absolute atomic E-state index is 12.7. The summed E-state index contributed by atoms with van der Waals surface area (Å²) in [5.41, 5.74) is 1.17. The molecule has 8 heteroatoms. The van der Waals surface area contributed by atoms with Crippen molar-refractivity contribution < 1.29 is 9.53 Å². The average molecular weight is 342 g/mol. The molecule has 8 nitrogen and oxygen atoms in total. The minimum atomic E-state index is 0.115. The Morgan fingerprint density at radius 1 is 1.28 bits per heavy atom. The van der Waals surface area contributed by atoms with E-state index in [1.807, 2.05) is 24.3 Å². The molecule has 1 saturated carbocycles. The molecule has 3 heterocycles. The van der Waals surface area contributed by atoms with Gasteiger partial charge in [-0.05, 0) is 17.9 Å². The fourth-order valence-corrected chi connectivity index (χ4v) is 3.43. The van der Waals surface area contributed by atoms with E-state index >= 15 is 0 Å². The molecule has 2 aliphatic rings. The number of methoxy groups -OCH3 is 1. The molecule has 0 aromatic carbocycles. The molecule has 0 bridgehead atoms. The van der Waals surface area contributed by atoms with E-state index in [1.165, 1.54) is 5.56 Å². The van der Waals surface area contributed by atoms with Crippen molar-refractivity contribution in [3.05, 3.63) is 30.2 Å². The highest BCUT2D eigenvalue weighted by atomic mass is 16.5. The zero-order chi connectivity index (χ0) is 17.4. The van der Waals surface area contributed by atoms with Gasteiger partial charge in [0, 0.05) is 57.6 Å². The average Bonchev–Trinajstić information content (AvgIpc) is 3.35. The van der Waals surface area contributed by atoms with Crippen LogP contribution >= 0.6 is 0 Å². The zero-order valence-corrected chi connectivity index (χ0v) is 14.5. The number of carbonyl (C=O) groups excluding carboxylic acids is 1. The fraction of sp³-hybridized carbons (Fsp3) is 0.529. The first kappa shape index (κ1) is 15.9. The monoisotopic (exact) mass is 342 g/mol. The fourth-order valence-electron chi connectivity index (χ4n) is 3.43. The molecule has 2 fully saturated rings. The number of rotatable bonds is 4. The topological polar surface area (TPSA) is 76.4 Å². The summed E-state index contributed by atoms with van der Waals surface area (Å²) >= 11 is 0. The molecule has 0 unspecified atom stereocenters. The SMILES string of the molecule is COc1ccnc(N2CCN(C(=O)[C@@H]3C[C@H]3c3cnn(C)c3)CC2)n1. The number of anilines is 1. The number of aromatic nitrogens is 4. The Hall–Kier alpha value is -2.64. The first-order valence-electron chi connectivity index (χ1n) is 8.55. The predicted octanol–water partition coefficient (Wildman–Crippen LogP) is 0.671. The van der Waals surface area contributed by atoms with Crippen LogP contribution in [0.2, 0.25) is 0 Å². The molecule has 1 saturated heterocycles. The normalized spacial score (nSPS) is 22.8. The van der Waals surface area contributed by atoms with Crippen LogP contribution in [-0.4, -0.2) is 63.8 Å². The maximum Gasteiger partial charge on any atom is 0.228 e. The largest absolute Gasteiger partial charge is 0.481 e. The third kappa shape index (κ3) is 3.16. The zero-order valence-electron chi connectivity index (χ0n) is 14.5. The highest BCUT2D eigenvalue weighted by Crippen LogP contribution is 2.48. The Morgan fingerprint density at radius 2 is 2.08 bits per heavy atom. The molecule has 25 heavy (non-hydrogen) atoms. The molecular formula is C17H22N6O2. The number of aryl methyl sites for hydroxylation is 1. The lowest BCUT2D eigenvalue weighted by Crippen LogP contribution is -2.49. The maximum atomic E-state index is 12.7. The van der Waals surface area contributed by atoms with Crippen molar-refractivity contribution in [1.29, 1.82) is 0 Å². The van der Waals surface area contributed by atoms with Crippen molar-refractivity contribution >= 4 is 11.9 Å². The lowest BCUT2D eigenvalue weighted by atomic mass is 10.1. The van der Waals surface area contributed by atoms with Crippen molar-refractivity contribution in [3.8, 4) is 5.88 Å². The summed E-state index contributed by atoms with van der Waals surface area (Å²) in [4.78, 5) is 25.5. The number of nitrogens with zero attached hydrogens (tertiary/aromatic N) is 6. The summed E-state index contributed by atoms with van der Waals surface area (Å²) in [7, 11) is 3.50. The molecular weight excluding hydrogens is 320 g/mol. The van der Waals surface area contributed by atoms with Crippen LogP contribution in [-0.2, 0) is 11.8 Å². The van der Waals surface area contributed by atoms with E-state index in [4.69, 9.17) is 4.74 Å². The van der Waals surface area contributed by atoms with Crippen LogP contribution in [0, 0.1) is 5.92 Å². The summed E-state index contributed by atoms with van der Waals surface area (Å²) < 4.78 is 6.94. The van der Waals surface area contributed by atoms with Crippen LogP contribution in [0.4, 0.5) is 5.95 Å². The molecule has 2 aromatic heterocycles. The molecule has 1 aliphatic heterocycles. The Labute approximate surface area is 146 Å². The van der Waals surface area contributed by atoms with Crippen LogP contribution in [0.15, 0.2) is 24.7 Å². The van der Waals surface area contributed by atoms with E-state index in [1.54, 1.807) is 24.1 Å². The van der Waals surface area contributed by atoms with Gasteiger partial charge >= 0.3 is 0 Å². The van der Waals surface area contributed by atoms with Crippen molar-refractivity contribution in [2.24, 2.45) is 13.0 Å². The molecule has 2 atom stereocenters. The lowest BCUT2D eigenvalue weighted by molar-refractivity contribution is -0.133. The molecule has 1 amide bonds. The molecule has 2 aromatic rings. The smallest absolute Gasteiger partial charge is 0.228 e.